The molecular weight excluding hydrogens is 450 g/mol. The number of carbonyl (C=O) groups is 3. The molecule has 2 aromatic rings. The van der Waals surface area contributed by atoms with Crippen molar-refractivity contribution in [3.8, 4) is 17.2 Å². The molecule has 0 radical (unpaired) electrons. The Morgan fingerprint density at radius 3 is 2.31 bits per heavy atom. The van der Waals surface area contributed by atoms with Crippen LogP contribution in [0.5, 0.6) is 17.2 Å². The Hall–Kier alpha value is -3.75. The minimum absolute atomic E-state index is 0.0694. The molecular formula is C26H33N3O6. The normalized spacial score (nSPS) is 13.4. The van der Waals surface area contributed by atoms with E-state index in [1.54, 1.807) is 42.5 Å². The van der Waals surface area contributed by atoms with Gasteiger partial charge in [0, 0.05) is 31.6 Å². The summed E-state index contributed by atoms with van der Waals surface area (Å²) < 4.78 is 16.2. The number of hydrogen-bond acceptors (Lipinski definition) is 6. The highest BCUT2D eigenvalue weighted by Gasteiger charge is 2.17. The van der Waals surface area contributed by atoms with Crippen molar-refractivity contribution in [3.63, 3.8) is 0 Å². The third-order valence-electron chi connectivity index (χ3n) is 5.75. The van der Waals surface area contributed by atoms with Crippen molar-refractivity contribution < 1.29 is 28.6 Å². The number of hydrogen-bond donors (Lipinski definition) is 2. The van der Waals surface area contributed by atoms with Crippen LogP contribution in [-0.4, -0.2) is 63.1 Å². The summed E-state index contributed by atoms with van der Waals surface area (Å²) in [5, 5.41) is 5.52. The zero-order valence-corrected chi connectivity index (χ0v) is 20.3. The molecule has 0 bridgehead atoms. The summed E-state index contributed by atoms with van der Waals surface area (Å²) in [4.78, 5) is 39.1. The van der Waals surface area contributed by atoms with Crippen LogP contribution in [0.4, 0.5) is 5.69 Å². The van der Waals surface area contributed by atoms with E-state index >= 15 is 0 Å². The fraction of sp³-hybridized carbons (Fsp3) is 0.423. The van der Waals surface area contributed by atoms with Gasteiger partial charge in [-0.2, -0.15) is 0 Å². The Bertz CT molecular complexity index is 1020. The Kier molecular flexibility index (Phi) is 9.77. The van der Waals surface area contributed by atoms with Gasteiger partial charge >= 0.3 is 0 Å². The number of nitrogens with one attached hydrogen (secondary N) is 2. The summed E-state index contributed by atoms with van der Waals surface area (Å²) >= 11 is 0. The molecule has 2 aromatic carbocycles. The van der Waals surface area contributed by atoms with Gasteiger partial charge in [-0.3, -0.25) is 14.4 Å². The maximum absolute atomic E-state index is 12.6. The first-order valence-corrected chi connectivity index (χ1v) is 11.8. The third kappa shape index (κ3) is 7.63. The second kappa shape index (κ2) is 13.2. The molecule has 0 aromatic heterocycles. The molecule has 1 aliphatic rings. The SMILES string of the molecule is COc1ccccc1NC(=O)COc1ccc(C(=O)NCCC(=O)N2CCCCCC2)cc1OC. The second-order valence-corrected chi connectivity index (χ2v) is 8.20. The van der Waals surface area contributed by atoms with Crippen LogP contribution in [0.3, 0.4) is 0 Å². The van der Waals surface area contributed by atoms with Gasteiger partial charge in [-0.25, -0.2) is 0 Å². The van der Waals surface area contributed by atoms with Crippen LogP contribution in [0.1, 0.15) is 42.5 Å². The lowest BCUT2D eigenvalue weighted by Gasteiger charge is -2.20. The molecule has 0 atom stereocenters. The fourth-order valence-electron chi connectivity index (χ4n) is 3.87. The van der Waals surface area contributed by atoms with Gasteiger partial charge in [0.25, 0.3) is 11.8 Å². The molecule has 188 valence electrons. The van der Waals surface area contributed by atoms with Crippen molar-refractivity contribution in [2.45, 2.75) is 32.1 Å². The minimum Gasteiger partial charge on any atom is -0.495 e. The van der Waals surface area contributed by atoms with Crippen molar-refractivity contribution in [2.24, 2.45) is 0 Å². The zero-order chi connectivity index (χ0) is 25.0. The topological polar surface area (TPSA) is 106 Å². The van der Waals surface area contributed by atoms with E-state index in [0.717, 1.165) is 38.8 Å². The van der Waals surface area contributed by atoms with Crippen molar-refractivity contribution in [1.29, 1.82) is 0 Å². The average Bonchev–Trinajstić information content (AvgIpc) is 3.17. The lowest BCUT2D eigenvalue weighted by molar-refractivity contribution is -0.131. The van der Waals surface area contributed by atoms with Gasteiger partial charge in [-0.05, 0) is 43.2 Å². The van der Waals surface area contributed by atoms with Gasteiger partial charge in [-0.1, -0.05) is 25.0 Å². The van der Waals surface area contributed by atoms with Crippen LogP contribution >= 0.6 is 0 Å². The van der Waals surface area contributed by atoms with E-state index in [4.69, 9.17) is 14.2 Å². The van der Waals surface area contributed by atoms with Crippen LogP contribution in [0.25, 0.3) is 0 Å². The predicted octanol–water partition coefficient (Wildman–Crippen LogP) is 3.24. The van der Waals surface area contributed by atoms with E-state index in [1.807, 2.05) is 4.90 Å². The number of benzene rings is 2. The Morgan fingerprint density at radius 1 is 0.886 bits per heavy atom. The molecule has 3 rings (SSSR count). The van der Waals surface area contributed by atoms with Crippen LogP contribution in [-0.2, 0) is 9.59 Å². The van der Waals surface area contributed by atoms with Gasteiger partial charge in [0.15, 0.2) is 18.1 Å². The monoisotopic (exact) mass is 483 g/mol. The van der Waals surface area contributed by atoms with E-state index in [2.05, 4.69) is 10.6 Å². The molecule has 3 amide bonds. The summed E-state index contributed by atoms with van der Waals surface area (Å²) in [5.74, 6) is 0.584. The molecule has 9 heteroatoms. The number of rotatable bonds is 10. The molecule has 1 saturated heterocycles. The van der Waals surface area contributed by atoms with Gasteiger partial charge in [-0.15, -0.1) is 0 Å². The van der Waals surface area contributed by atoms with E-state index in [-0.39, 0.29) is 37.3 Å². The van der Waals surface area contributed by atoms with E-state index in [0.29, 0.717) is 28.5 Å². The zero-order valence-electron chi connectivity index (χ0n) is 20.3. The quantitative estimate of drug-likeness (QED) is 0.537. The predicted molar refractivity (Wildman–Crippen MR) is 132 cm³/mol. The molecule has 0 saturated carbocycles. The highest BCUT2D eigenvalue weighted by Crippen LogP contribution is 2.28. The molecule has 1 fully saturated rings. The highest BCUT2D eigenvalue weighted by molar-refractivity contribution is 5.95. The number of nitrogens with zero attached hydrogens (tertiary/aromatic N) is 1. The smallest absolute Gasteiger partial charge is 0.262 e. The number of likely N-dealkylation sites (tertiary alicyclic amines) is 1. The van der Waals surface area contributed by atoms with Gasteiger partial charge < -0.3 is 29.7 Å². The van der Waals surface area contributed by atoms with E-state index < -0.39 is 0 Å². The van der Waals surface area contributed by atoms with E-state index in [9.17, 15) is 14.4 Å². The first kappa shape index (κ1) is 25.9. The standard InChI is InChI=1S/C26H33N3O6/c1-33-21-10-6-5-9-20(21)28-24(30)18-35-22-12-11-19(17-23(22)34-2)26(32)27-14-13-25(31)29-15-7-3-4-8-16-29/h5-6,9-12,17H,3-4,7-8,13-16,18H2,1-2H3,(H,27,32)(H,28,30). The minimum atomic E-state index is -0.368. The second-order valence-electron chi connectivity index (χ2n) is 8.20. The first-order valence-electron chi connectivity index (χ1n) is 11.8. The number of methoxy groups -OCH3 is 2. The molecule has 9 nitrogen and oxygen atoms in total. The summed E-state index contributed by atoms with van der Waals surface area (Å²) in [5.41, 5.74) is 0.909. The van der Waals surface area contributed by atoms with Gasteiger partial charge in [0.05, 0.1) is 19.9 Å². The number of carbonyl (C=O) groups excluding carboxylic acids is 3. The fourth-order valence-corrected chi connectivity index (χ4v) is 3.87. The van der Waals surface area contributed by atoms with E-state index in [1.165, 1.54) is 14.2 Å². The number of amides is 3. The largest absolute Gasteiger partial charge is 0.495 e. The Morgan fingerprint density at radius 2 is 1.60 bits per heavy atom. The summed E-state index contributed by atoms with van der Waals surface area (Å²) in [6.45, 7) is 1.60. The van der Waals surface area contributed by atoms with Gasteiger partial charge in [0.1, 0.15) is 5.75 Å². The molecule has 0 aliphatic carbocycles. The van der Waals surface area contributed by atoms with Crippen LogP contribution in [0.15, 0.2) is 42.5 Å². The first-order chi connectivity index (χ1) is 17.0. The molecule has 2 N–H and O–H groups in total. The Labute approximate surface area is 205 Å². The number of para-hydroxylation sites is 2. The van der Waals surface area contributed by atoms with Crippen molar-refractivity contribution in [1.82, 2.24) is 10.2 Å². The third-order valence-corrected chi connectivity index (χ3v) is 5.75. The highest BCUT2D eigenvalue weighted by atomic mass is 16.5. The van der Waals surface area contributed by atoms with Crippen molar-refractivity contribution in [3.05, 3.63) is 48.0 Å². The lowest BCUT2D eigenvalue weighted by atomic mass is 10.2. The number of ether oxygens (including phenoxy) is 3. The summed E-state index contributed by atoms with van der Waals surface area (Å²) in [6.07, 6.45) is 4.66. The summed E-state index contributed by atoms with van der Waals surface area (Å²) in [6, 6.07) is 11.8. The molecule has 0 unspecified atom stereocenters. The molecule has 0 spiro atoms. The molecule has 1 heterocycles. The van der Waals surface area contributed by atoms with Crippen LogP contribution < -0.4 is 24.8 Å². The Balaban J connectivity index is 1.50. The van der Waals surface area contributed by atoms with Crippen molar-refractivity contribution >= 4 is 23.4 Å². The maximum Gasteiger partial charge on any atom is 0.262 e. The van der Waals surface area contributed by atoms with Crippen LogP contribution in [0, 0.1) is 0 Å². The molecule has 1 aliphatic heterocycles. The summed E-state index contributed by atoms with van der Waals surface area (Å²) in [7, 11) is 2.98. The van der Waals surface area contributed by atoms with Gasteiger partial charge in [0.2, 0.25) is 5.91 Å². The maximum atomic E-state index is 12.6. The van der Waals surface area contributed by atoms with Crippen LogP contribution in [0.2, 0.25) is 0 Å². The average molecular weight is 484 g/mol. The molecule has 35 heavy (non-hydrogen) atoms. The lowest BCUT2D eigenvalue weighted by Crippen LogP contribution is -2.35. The van der Waals surface area contributed by atoms with Crippen molar-refractivity contribution in [2.75, 3.05) is 45.8 Å². The number of anilines is 1.